The molecule has 0 fully saturated rings. The van der Waals surface area contributed by atoms with Crippen LogP contribution < -0.4 is 0 Å². The highest BCUT2D eigenvalue weighted by Crippen LogP contribution is 2.23. The summed E-state index contributed by atoms with van der Waals surface area (Å²) in [5.41, 5.74) is 2.77. The van der Waals surface area contributed by atoms with Crippen LogP contribution in [0.3, 0.4) is 0 Å². The van der Waals surface area contributed by atoms with E-state index in [0.717, 1.165) is 19.6 Å². The van der Waals surface area contributed by atoms with E-state index in [2.05, 4.69) is 69.5 Å². The largest absolute Gasteiger partial charge is 0.295 e. The topological polar surface area (TPSA) is 3.24 Å². The molecule has 1 atom stereocenters. The monoisotopic (exact) mass is 259 g/mol. The molecule has 0 saturated carbocycles. The van der Waals surface area contributed by atoms with E-state index in [0.29, 0.717) is 11.8 Å². The van der Waals surface area contributed by atoms with Crippen LogP contribution >= 0.6 is 0 Å². The van der Waals surface area contributed by atoms with E-state index in [-0.39, 0.29) is 0 Å². The standard InChI is InChI=1S/C18H29N/c1-6-18(15(3)4)16(5)13-19(7-2)14-17-11-9-8-10-12-17/h8-12,15,18H,5-7,13-14H2,1-4H3. The minimum absolute atomic E-state index is 0.643. The highest BCUT2D eigenvalue weighted by atomic mass is 15.1. The van der Waals surface area contributed by atoms with Gasteiger partial charge >= 0.3 is 0 Å². The van der Waals surface area contributed by atoms with Crippen molar-refractivity contribution in [3.63, 3.8) is 0 Å². The summed E-state index contributed by atoms with van der Waals surface area (Å²) in [5.74, 6) is 1.33. The van der Waals surface area contributed by atoms with Gasteiger partial charge in [0.1, 0.15) is 0 Å². The SMILES string of the molecule is C=C(CN(CC)Cc1ccccc1)C(CC)C(C)C. The van der Waals surface area contributed by atoms with Gasteiger partial charge in [-0.3, -0.25) is 4.90 Å². The van der Waals surface area contributed by atoms with Crippen LogP contribution in [0.25, 0.3) is 0 Å². The van der Waals surface area contributed by atoms with Gasteiger partial charge in [-0.2, -0.15) is 0 Å². The van der Waals surface area contributed by atoms with E-state index in [4.69, 9.17) is 0 Å². The fourth-order valence-electron chi connectivity index (χ4n) is 2.76. The molecule has 1 nitrogen and oxygen atoms in total. The van der Waals surface area contributed by atoms with Crippen LogP contribution in [0.4, 0.5) is 0 Å². The van der Waals surface area contributed by atoms with Gasteiger partial charge in [0.2, 0.25) is 0 Å². The Morgan fingerprint density at radius 2 is 1.79 bits per heavy atom. The van der Waals surface area contributed by atoms with Gasteiger partial charge in [-0.15, -0.1) is 0 Å². The molecule has 106 valence electrons. The van der Waals surface area contributed by atoms with Crippen molar-refractivity contribution >= 4 is 0 Å². The summed E-state index contributed by atoms with van der Waals surface area (Å²) in [4.78, 5) is 2.47. The van der Waals surface area contributed by atoms with Crippen molar-refractivity contribution in [2.75, 3.05) is 13.1 Å². The van der Waals surface area contributed by atoms with Crippen molar-refractivity contribution in [3.05, 3.63) is 48.0 Å². The first kappa shape index (κ1) is 16.0. The Kier molecular flexibility index (Phi) is 6.86. The van der Waals surface area contributed by atoms with Gasteiger partial charge < -0.3 is 0 Å². The van der Waals surface area contributed by atoms with Crippen LogP contribution in [0.5, 0.6) is 0 Å². The lowest BCUT2D eigenvalue weighted by molar-refractivity contribution is 0.282. The molecule has 0 saturated heterocycles. The maximum atomic E-state index is 4.33. The first-order valence-corrected chi connectivity index (χ1v) is 7.52. The highest BCUT2D eigenvalue weighted by molar-refractivity contribution is 5.15. The molecule has 0 radical (unpaired) electrons. The third-order valence-corrected chi connectivity index (χ3v) is 3.89. The van der Waals surface area contributed by atoms with E-state index < -0.39 is 0 Å². The molecule has 0 bridgehead atoms. The predicted molar refractivity (Wildman–Crippen MR) is 85.2 cm³/mol. The molecule has 0 amide bonds. The lowest BCUT2D eigenvalue weighted by Crippen LogP contribution is -2.28. The summed E-state index contributed by atoms with van der Waals surface area (Å²) in [5, 5.41) is 0. The number of hydrogen-bond donors (Lipinski definition) is 0. The third-order valence-electron chi connectivity index (χ3n) is 3.89. The molecule has 0 aromatic heterocycles. The second-order valence-electron chi connectivity index (χ2n) is 5.71. The summed E-state index contributed by atoms with van der Waals surface area (Å²) >= 11 is 0. The van der Waals surface area contributed by atoms with Gasteiger partial charge in [-0.25, -0.2) is 0 Å². The van der Waals surface area contributed by atoms with E-state index in [1.165, 1.54) is 17.6 Å². The zero-order valence-corrected chi connectivity index (χ0v) is 13.0. The Hall–Kier alpha value is -1.08. The van der Waals surface area contributed by atoms with Gasteiger partial charge in [-0.1, -0.05) is 70.2 Å². The number of hydrogen-bond acceptors (Lipinski definition) is 1. The van der Waals surface area contributed by atoms with Crippen LogP contribution in [0.15, 0.2) is 42.5 Å². The van der Waals surface area contributed by atoms with Crippen molar-refractivity contribution in [2.45, 2.75) is 40.7 Å². The first-order valence-electron chi connectivity index (χ1n) is 7.52. The Bertz CT molecular complexity index is 367. The molecule has 0 aliphatic heterocycles. The Balaban J connectivity index is 2.59. The zero-order chi connectivity index (χ0) is 14.3. The Morgan fingerprint density at radius 3 is 2.26 bits per heavy atom. The van der Waals surface area contributed by atoms with Gasteiger partial charge in [0, 0.05) is 13.1 Å². The highest BCUT2D eigenvalue weighted by Gasteiger charge is 2.16. The smallest absolute Gasteiger partial charge is 0.0237 e. The van der Waals surface area contributed by atoms with Crippen LogP contribution in [0.2, 0.25) is 0 Å². The maximum absolute atomic E-state index is 4.33. The third kappa shape index (κ3) is 5.20. The average molecular weight is 259 g/mol. The summed E-state index contributed by atoms with van der Waals surface area (Å²) in [6.45, 7) is 16.5. The van der Waals surface area contributed by atoms with Crippen molar-refractivity contribution in [1.82, 2.24) is 4.90 Å². The van der Waals surface area contributed by atoms with Gasteiger partial charge in [0.15, 0.2) is 0 Å². The van der Waals surface area contributed by atoms with Crippen LogP contribution in [0.1, 0.15) is 39.7 Å². The molecule has 19 heavy (non-hydrogen) atoms. The summed E-state index contributed by atoms with van der Waals surface area (Å²) < 4.78 is 0. The molecule has 0 aliphatic carbocycles. The number of likely N-dealkylation sites (N-methyl/N-ethyl adjacent to an activating group) is 1. The fourth-order valence-corrected chi connectivity index (χ4v) is 2.76. The van der Waals surface area contributed by atoms with Crippen molar-refractivity contribution < 1.29 is 0 Å². The van der Waals surface area contributed by atoms with E-state index in [1.54, 1.807) is 0 Å². The maximum Gasteiger partial charge on any atom is 0.0237 e. The summed E-state index contributed by atoms with van der Waals surface area (Å²) in [6.07, 6.45) is 1.19. The average Bonchev–Trinajstić information content (AvgIpc) is 2.39. The Labute approximate surface area is 119 Å². The summed E-state index contributed by atoms with van der Waals surface area (Å²) in [6, 6.07) is 10.7. The lowest BCUT2D eigenvalue weighted by atomic mass is 9.86. The van der Waals surface area contributed by atoms with Crippen LogP contribution in [-0.2, 0) is 6.54 Å². The molecule has 1 aromatic rings. The molecule has 1 unspecified atom stereocenters. The molecule has 0 spiro atoms. The fraction of sp³-hybridized carbons (Fsp3) is 0.556. The van der Waals surface area contributed by atoms with Crippen LogP contribution in [0, 0.1) is 11.8 Å². The van der Waals surface area contributed by atoms with Gasteiger partial charge in [0.05, 0.1) is 0 Å². The minimum atomic E-state index is 0.643. The quantitative estimate of drug-likeness (QED) is 0.609. The predicted octanol–water partition coefficient (Wildman–Crippen LogP) is 4.75. The van der Waals surface area contributed by atoms with Gasteiger partial charge in [0.25, 0.3) is 0 Å². The van der Waals surface area contributed by atoms with Crippen LogP contribution in [-0.4, -0.2) is 18.0 Å². The van der Waals surface area contributed by atoms with E-state index >= 15 is 0 Å². The number of rotatable bonds is 8. The molecule has 0 N–H and O–H groups in total. The second kappa shape index (κ2) is 8.16. The van der Waals surface area contributed by atoms with E-state index in [1.807, 2.05) is 0 Å². The van der Waals surface area contributed by atoms with Gasteiger partial charge in [-0.05, 0) is 30.4 Å². The van der Waals surface area contributed by atoms with Crippen molar-refractivity contribution in [2.24, 2.45) is 11.8 Å². The molecule has 1 heteroatoms. The Morgan fingerprint density at radius 1 is 1.16 bits per heavy atom. The first-order chi connectivity index (χ1) is 9.08. The molecule has 1 rings (SSSR count). The molecule has 0 aliphatic rings. The van der Waals surface area contributed by atoms with Crippen molar-refractivity contribution in [1.29, 1.82) is 0 Å². The number of nitrogens with zero attached hydrogens (tertiary/aromatic N) is 1. The number of benzene rings is 1. The molecular formula is C18H29N. The zero-order valence-electron chi connectivity index (χ0n) is 13.0. The summed E-state index contributed by atoms with van der Waals surface area (Å²) in [7, 11) is 0. The molecular weight excluding hydrogens is 230 g/mol. The normalized spacial score (nSPS) is 12.9. The molecule has 0 heterocycles. The molecule has 1 aromatic carbocycles. The second-order valence-corrected chi connectivity index (χ2v) is 5.71. The van der Waals surface area contributed by atoms with E-state index in [9.17, 15) is 0 Å². The lowest BCUT2D eigenvalue weighted by Gasteiger charge is -2.27. The van der Waals surface area contributed by atoms with Crippen molar-refractivity contribution in [3.8, 4) is 0 Å². The minimum Gasteiger partial charge on any atom is -0.295 e.